The van der Waals surface area contributed by atoms with E-state index in [0.29, 0.717) is 18.9 Å². The lowest BCUT2D eigenvalue weighted by atomic mass is 10.0. The summed E-state index contributed by atoms with van der Waals surface area (Å²) in [5, 5.41) is 6.43. The van der Waals surface area contributed by atoms with E-state index in [4.69, 9.17) is 4.74 Å². The van der Waals surface area contributed by atoms with Crippen molar-refractivity contribution in [3.8, 4) is 0 Å². The van der Waals surface area contributed by atoms with Crippen LogP contribution in [0.15, 0.2) is 18.2 Å². The third kappa shape index (κ3) is 4.53. The van der Waals surface area contributed by atoms with Crippen molar-refractivity contribution in [3.63, 3.8) is 0 Å². The van der Waals surface area contributed by atoms with Gasteiger partial charge in [0.2, 0.25) is 5.91 Å². The van der Waals surface area contributed by atoms with E-state index in [0.717, 1.165) is 16.9 Å². The Bertz CT molecular complexity index is 444. The van der Waals surface area contributed by atoms with Gasteiger partial charge < -0.3 is 15.4 Å². The van der Waals surface area contributed by atoms with Gasteiger partial charge in [-0.05, 0) is 30.5 Å². The summed E-state index contributed by atoms with van der Waals surface area (Å²) in [6.07, 6.45) is 0.482. The van der Waals surface area contributed by atoms with Crippen molar-refractivity contribution < 1.29 is 9.53 Å². The smallest absolute Gasteiger partial charge is 0.224 e. The van der Waals surface area contributed by atoms with Crippen LogP contribution in [0, 0.1) is 12.8 Å². The van der Waals surface area contributed by atoms with Crippen LogP contribution in [0.3, 0.4) is 0 Å². The number of hydrogen-bond donors (Lipinski definition) is 2. The van der Waals surface area contributed by atoms with Crippen LogP contribution in [0.5, 0.6) is 0 Å². The Morgan fingerprint density at radius 2 is 1.95 bits per heavy atom. The highest BCUT2D eigenvalue weighted by Gasteiger charge is 2.15. The molecule has 0 aliphatic heterocycles. The van der Waals surface area contributed by atoms with Gasteiger partial charge in [-0.1, -0.05) is 26.8 Å². The van der Waals surface area contributed by atoms with Gasteiger partial charge in [-0.3, -0.25) is 4.79 Å². The molecule has 1 atom stereocenters. The van der Waals surface area contributed by atoms with Crippen molar-refractivity contribution in [2.75, 3.05) is 24.4 Å². The first-order valence-electron chi connectivity index (χ1n) is 7.14. The van der Waals surface area contributed by atoms with Crippen LogP contribution < -0.4 is 10.6 Å². The third-order valence-corrected chi connectivity index (χ3v) is 3.42. The summed E-state index contributed by atoms with van der Waals surface area (Å²) in [4.78, 5) is 11.5. The molecule has 20 heavy (non-hydrogen) atoms. The molecule has 1 aromatic rings. The van der Waals surface area contributed by atoms with Crippen molar-refractivity contribution >= 4 is 17.3 Å². The second-order valence-electron chi connectivity index (χ2n) is 5.33. The SMILES string of the molecule is CCC(=O)Nc1cccc(NC(COC)C(C)C)c1C. The first-order chi connectivity index (χ1) is 9.49. The Labute approximate surface area is 121 Å². The minimum atomic E-state index is 0.0301. The van der Waals surface area contributed by atoms with Gasteiger partial charge in [0.15, 0.2) is 0 Å². The number of rotatable bonds is 7. The van der Waals surface area contributed by atoms with Crippen LogP contribution in [-0.4, -0.2) is 25.7 Å². The Balaban J connectivity index is 2.90. The van der Waals surface area contributed by atoms with Crippen molar-refractivity contribution in [1.82, 2.24) is 0 Å². The van der Waals surface area contributed by atoms with Crippen molar-refractivity contribution in [2.45, 2.75) is 40.2 Å². The molecule has 0 aromatic heterocycles. The molecule has 0 heterocycles. The van der Waals surface area contributed by atoms with Crippen LogP contribution in [0.4, 0.5) is 11.4 Å². The van der Waals surface area contributed by atoms with E-state index in [9.17, 15) is 4.79 Å². The van der Waals surface area contributed by atoms with E-state index in [2.05, 4.69) is 24.5 Å². The van der Waals surface area contributed by atoms with E-state index in [-0.39, 0.29) is 11.9 Å². The van der Waals surface area contributed by atoms with Gasteiger partial charge in [-0.25, -0.2) is 0 Å². The van der Waals surface area contributed by atoms with Crippen molar-refractivity contribution in [1.29, 1.82) is 0 Å². The number of methoxy groups -OCH3 is 1. The lowest BCUT2D eigenvalue weighted by Gasteiger charge is -2.24. The van der Waals surface area contributed by atoms with E-state index >= 15 is 0 Å². The van der Waals surface area contributed by atoms with Gasteiger partial charge in [0.1, 0.15) is 0 Å². The molecule has 0 aliphatic carbocycles. The molecule has 0 saturated heterocycles. The third-order valence-electron chi connectivity index (χ3n) is 3.42. The highest BCUT2D eigenvalue weighted by molar-refractivity contribution is 5.92. The summed E-state index contributed by atoms with van der Waals surface area (Å²) < 4.78 is 5.26. The molecule has 4 nitrogen and oxygen atoms in total. The van der Waals surface area contributed by atoms with E-state index in [1.54, 1.807) is 7.11 Å². The number of anilines is 2. The van der Waals surface area contributed by atoms with Gasteiger partial charge in [0.05, 0.1) is 12.6 Å². The molecule has 4 heteroatoms. The summed E-state index contributed by atoms with van der Waals surface area (Å²) in [6.45, 7) is 8.84. The average Bonchev–Trinajstić information content (AvgIpc) is 2.42. The van der Waals surface area contributed by atoms with Crippen LogP contribution >= 0.6 is 0 Å². The summed E-state index contributed by atoms with van der Waals surface area (Å²) in [5.41, 5.74) is 2.95. The highest BCUT2D eigenvalue weighted by Crippen LogP contribution is 2.25. The molecular weight excluding hydrogens is 252 g/mol. The van der Waals surface area contributed by atoms with Gasteiger partial charge in [-0.2, -0.15) is 0 Å². The standard InChI is InChI=1S/C16H26N2O2/c1-6-16(19)18-14-9-7-8-13(12(14)4)17-15(10-20-5)11(2)3/h7-9,11,15,17H,6,10H2,1-5H3,(H,18,19). The average molecular weight is 278 g/mol. The molecule has 112 valence electrons. The fourth-order valence-electron chi connectivity index (χ4n) is 1.95. The molecule has 0 aliphatic rings. The number of hydrogen-bond acceptors (Lipinski definition) is 3. The van der Waals surface area contributed by atoms with Crippen LogP contribution in [0.25, 0.3) is 0 Å². The van der Waals surface area contributed by atoms with E-state index in [1.807, 2.05) is 32.0 Å². The molecule has 1 unspecified atom stereocenters. The predicted molar refractivity (Wildman–Crippen MR) is 84.2 cm³/mol. The molecule has 1 amide bonds. The van der Waals surface area contributed by atoms with Crippen molar-refractivity contribution in [2.24, 2.45) is 5.92 Å². The van der Waals surface area contributed by atoms with Crippen LogP contribution in [0.1, 0.15) is 32.8 Å². The van der Waals surface area contributed by atoms with E-state index < -0.39 is 0 Å². The number of carbonyl (C=O) groups excluding carboxylic acids is 1. The molecule has 0 saturated carbocycles. The molecule has 0 spiro atoms. The summed E-state index contributed by atoms with van der Waals surface area (Å²) in [6, 6.07) is 6.15. The fourth-order valence-corrected chi connectivity index (χ4v) is 1.95. The predicted octanol–water partition coefficient (Wildman–Crippen LogP) is 3.43. The number of carbonyl (C=O) groups is 1. The number of amides is 1. The zero-order valence-corrected chi connectivity index (χ0v) is 13.1. The molecule has 2 N–H and O–H groups in total. The molecule has 0 radical (unpaired) electrons. The Morgan fingerprint density at radius 1 is 1.30 bits per heavy atom. The topological polar surface area (TPSA) is 50.4 Å². The number of ether oxygens (including phenoxy) is 1. The van der Waals surface area contributed by atoms with Gasteiger partial charge >= 0.3 is 0 Å². The first kappa shape index (κ1) is 16.5. The fraction of sp³-hybridized carbons (Fsp3) is 0.562. The molecule has 0 fully saturated rings. The maximum absolute atomic E-state index is 11.5. The second-order valence-corrected chi connectivity index (χ2v) is 5.33. The monoisotopic (exact) mass is 278 g/mol. The van der Waals surface area contributed by atoms with Crippen LogP contribution in [-0.2, 0) is 9.53 Å². The second kappa shape index (κ2) is 7.90. The van der Waals surface area contributed by atoms with Crippen LogP contribution in [0.2, 0.25) is 0 Å². The summed E-state index contributed by atoms with van der Waals surface area (Å²) in [7, 11) is 1.71. The highest BCUT2D eigenvalue weighted by atomic mass is 16.5. The maximum atomic E-state index is 11.5. The summed E-state index contributed by atoms with van der Waals surface area (Å²) in [5.74, 6) is 0.491. The molecule has 1 rings (SSSR count). The van der Waals surface area contributed by atoms with Gasteiger partial charge in [0.25, 0.3) is 0 Å². The minimum absolute atomic E-state index is 0.0301. The molecule has 1 aromatic carbocycles. The Kier molecular flexibility index (Phi) is 6.52. The number of nitrogens with one attached hydrogen (secondary N) is 2. The molecule has 0 bridgehead atoms. The summed E-state index contributed by atoms with van der Waals surface area (Å²) >= 11 is 0. The lowest BCUT2D eigenvalue weighted by Crippen LogP contribution is -2.30. The normalized spacial score (nSPS) is 12.3. The van der Waals surface area contributed by atoms with Crippen molar-refractivity contribution in [3.05, 3.63) is 23.8 Å². The van der Waals surface area contributed by atoms with Gasteiger partial charge in [-0.15, -0.1) is 0 Å². The maximum Gasteiger partial charge on any atom is 0.224 e. The van der Waals surface area contributed by atoms with Gasteiger partial charge in [0, 0.05) is 24.9 Å². The largest absolute Gasteiger partial charge is 0.383 e. The zero-order valence-electron chi connectivity index (χ0n) is 13.1. The minimum Gasteiger partial charge on any atom is -0.383 e. The lowest BCUT2D eigenvalue weighted by molar-refractivity contribution is -0.115. The van der Waals surface area contributed by atoms with E-state index in [1.165, 1.54) is 0 Å². The quantitative estimate of drug-likeness (QED) is 0.803. The molecular formula is C16H26N2O2. The Hall–Kier alpha value is -1.55. The first-order valence-corrected chi connectivity index (χ1v) is 7.14. The Morgan fingerprint density at radius 3 is 2.50 bits per heavy atom. The zero-order chi connectivity index (χ0) is 15.1. The number of benzene rings is 1.